The van der Waals surface area contributed by atoms with E-state index in [1.807, 2.05) is 18.2 Å². The first kappa shape index (κ1) is 15.0. The highest BCUT2D eigenvalue weighted by molar-refractivity contribution is 9.10. The summed E-state index contributed by atoms with van der Waals surface area (Å²) in [5.41, 5.74) is 0.954. The standard InChI is InChI=1S/C11H15BrClNO2S/c1-2-17(15,16)6-5-14-8-9-7-10(12)3-4-11(9)13/h3-4,7,14H,2,5-6,8H2,1H3. The lowest BCUT2D eigenvalue weighted by atomic mass is 10.2. The molecule has 17 heavy (non-hydrogen) atoms. The third-order valence-electron chi connectivity index (χ3n) is 2.35. The van der Waals surface area contributed by atoms with Gasteiger partial charge in [0.15, 0.2) is 9.84 Å². The summed E-state index contributed by atoms with van der Waals surface area (Å²) in [4.78, 5) is 0. The molecule has 1 rings (SSSR count). The quantitative estimate of drug-likeness (QED) is 0.810. The molecular weight excluding hydrogens is 326 g/mol. The van der Waals surface area contributed by atoms with E-state index < -0.39 is 9.84 Å². The van der Waals surface area contributed by atoms with Crippen LogP contribution in [-0.4, -0.2) is 26.5 Å². The molecule has 0 radical (unpaired) electrons. The zero-order valence-corrected chi connectivity index (χ0v) is 12.7. The van der Waals surface area contributed by atoms with E-state index in [0.29, 0.717) is 18.1 Å². The van der Waals surface area contributed by atoms with Crippen molar-refractivity contribution in [1.29, 1.82) is 0 Å². The molecule has 0 bridgehead atoms. The largest absolute Gasteiger partial charge is 0.312 e. The van der Waals surface area contributed by atoms with Gasteiger partial charge in [-0.2, -0.15) is 0 Å². The Labute approximate surface area is 116 Å². The fraction of sp³-hybridized carbons (Fsp3) is 0.455. The van der Waals surface area contributed by atoms with Gasteiger partial charge in [-0.25, -0.2) is 8.42 Å². The second-order valence-corrected chi connectivity index (χ2v) is 7.44. The lowest BCUT2D eigenvalue weighted by Crippen LogP contribution is -2.23. The fourth-order valence-corrected chi connectivity index (χ4v) is 2.61. The first-order valence-corrected chi connectivity index (χ1v) is 8.29. The SMILES string of the molecule is CCS(=O)(=O)CCNCc1cc(Br)ccc1Cl. The third-order valence-corrected chi connectivity index (χ3v) is 4.92. The molecule has 6 heteroatoms. The average Bonchev–Trinajstić information content (AvgIpc) is 2.29. The molecule has 0 unspecified atom stereocenters. The van der Waals surface area contributed by atoms with Gasteiger partial charge in [0.25, 0.3) is 0 Å². The lowest BCUT2D eigenvalue weighted by Gasteiger charge is -2.07. The second-order valence-electron chi connectivity index (χ2n) is 3.65. The molecule has 0 aliphatic carbocycles. The Bertz CT molecular complexity index is 476. The Balaban J connectivity index is 2.44. The molecule has 1 aromatic rings. The van der Waals surface area contributed by atoms with Crippen LogP contribution in [0.4, 0.5) is 0 Å². The van der Waals surface area contributed by atoms with E-state index in [9.17, 15) is 8.42 Å². The van der Waals surface area contributed by atoms with E-state index in [4.69, 9.17) is 11.6 Å². The lowest BCUT2D eigenvalue weighted by molar-refractivity contribution is 0.592. The number of hydrogen-bond donors (Lipinski definition) is 1. The number of halogens is 2. The van der Waals surface area contributed by atoms with Crippen molar-refractivity contribution in [3.63, 3.8) is 0 Å². The smallest absolute Gasteiger partial charge is 0.151 e. The van der Waals surface area contributed by atoms with E-state index >= 15 is 0 Å². The van der Waals surface area contributed by atoms with E-state index in [1.54, 1.807) is 6.92 Å². The van der Waals surface area contributed by atoms with Gasteiger partial charge in [-0.15, -0.1) is 0 Å². The van der Waals surface area contributed by atoms with E-state index in [2.05, 4.69) is 21.2 Å². The van der Waals surface area contributed by atoms with Crippen LogP contribution in [0.5, 0.6) is 0 Å². The van der Waals surface area contributed by atoms with Crippen molar-refractivity contribution in [2.75, 3.05) is 18.1 Å². The molecule has 0 fully saturated rings. The molecule has 1 N–H and O–H groups in total. The predicted molar refractivity (Wildman–Crippen MR) is 75.2 cm³/mol. The minimum absolute atomic E-state index is 0.162. The van der Waals surface area contributed by atoms with Crippen LogP contribution in [0.25, 0.3) is 0 Å². The van der Waals surface area contributed by atoms with Crippen LogP contribution in [0.2, 0.25) is 5.02 Å². The molecule has 0 spiro atoms. The molecule has 0 aliphatic heterocycles. The number of hydrogen-bond acceptors (Lipinski definition) is 3. The molecular formula is C11H15BrClNO2S. The zero-order chi connectivity index (χ0) is 12.9. The van der Waals surface area contributed by atoms with Crippen LogP contribution in [0.1, 0.15) is 12.5 Å². The summed E-state index contributed by atoms with van der Waals surface area (Å²) in [5, 5.41) is 3.76. The molecule has 0 aliphatic rings. The Morgan fingerprint density at radius 3 is 2.76 bits per heavy atom. The minimum Gasteiger partial charge on any atom is -0.312 e. The van der Waals surface area contributed by atoms with Gasteiger partial charge >= 0.3 is 0 Å². The zero-order valence-electron chi connectivity index (χ0n) is 9.54. The first-order chi connectivity index (χ1) is 7.94. The van der Waals surface area contributed by atoms with Gasteiger partial charge in [0.2, 0.25) is 0 Å². The summed E-state index contributed by atoms with van der Waals surface area (Å²) in [6.07, 6.45) is 0. The summed E-state index contributed by atoms with van der Waals surface area (Å²) in [5.74, 6) is 0.349. The molecule has 0 heterocycles. The highest BCUT2D eigenvalue weighted by Gasteiger charge is 2.06. The Kier molecular flexibility index (Phi) is 5.92. The van der Waals surface area contributed by atoms with Crippen molar-refractivity contribution in [3.8, 4) is 0 Å². The van der Waals surface area contributed by atoms with Crippen LogP contribution >= 0.6 is 27.5 Å². The number of sulfone groups is 1. The number of benzene rings is 1. The minimum atomic E-state index is -2.90. The summed E-state index contributed by atoms with van der Waals surface area (Å²) in [7, 11) is -2.90. The highest BCUT2D eigenvalue weighted by atomic mass is 79.9. The van der Waals surface area contributed by atoms with Gasteiger partial charge in [-0.3, -0.25) is 0 Å². The normalized spacial score (nSPS) is 11.7. The van der Waals surface area contributed by atoms with Crippen molar-refractivity contribution in [1.82, 2.24) is 5.32 Å². The third kappa shape index (κ3) is 5.38. The van der Waals surface area contributed by atoms with Gasteiger partial charge < -0.3 is 5.32 Å². The van der Waals surface area contributed by atoms with E-state index in [-0.39, 0.29) is 11.5 Å². The Morgan fingerprint density at radius 1 is 1.41 bits per heavy atom. The van der Waals surface area contributed by atoms with E-state index in [0.717, 1.165) is 10.0 Å². The Hall–Kier alpha value is -0.100. The van der Waals surface area contributed by atoms with Crippen LogP contribution in [-0.2, 0) is 16.4 Å². The van der Waals surface area contributed by atoms with Gasteiger partial charge in [-0.1, -0.05) is 34.5 Å². The maximum Gasteiger partial charge on any atom is 0.151 e. The van der Waals surface area contributed by atoms with Crippen LogP contribution < -0.4 is 5.32 Å². The molecule has 96 valence electrons. The highest BCUT2D eigenvalue weighted by Crippen LogP contribution is 2.20. The molecule has 0 saturated carbocycles. The van der Waals surface area contributed by atoms with Gasteiger partial charge in [-0.05, 0) is 23.8 Å². The van der Waals surface area contributed by atoms with Crippen LogP contribution in [0, 0.1) is 0 Å². The van der Waals surface area contributed by atoms with Crippen LogP contribution in [0.15, 0.2) is 22.7 Å². The summed E-state index contributed by atoms with van der Waals surface area (Å²) < 4.78 is 23.5. The van der Waals surface area contributed by atoms with E-state index in [1.165, 1.54) is 0 Å². The van der Waals surface area contributed by atoms with Crippen molar-refractivity contribution in [2.24, 2.45) is 0 Å². The van der Waals surface area contributed by atoms with Crippen molar-refractivity contribution in [3.05, 3.63) is 33.3 Å². The Morgan fingerprint density at radius 2 is 2.12 bits per heavy atom. The van der Waals surface area contributed by atoms with Gasteiger partial charge in [0.05, 0.1) is 5.75 Å². The summed E-state index contributed by atoms with van der Waals surface area (Å²) >= 11 is 9.38. The van der Waals surface area contributed by atoms with Gasteiger partial charge in [0.1, 0.15) is 0 Å². The van der Waals surface area contributed by atoms with Gasteiger partial charge in [0, 0.05) is 28.3 Å². The summed E-state index contributed by atoms with van der Waals surface area (Å²) in [6, 6.07) is 5.60. The molecule has 0 atom stereocenters. The predicted octanol–water partition coefficient (Wildman–Crippen LogP) is 2.63. The average molecular weight is 341 g/mol. The molecule has 0 aromatic heterocycles. The first-order valence-electron chi connectivity index (χ1n) is 5.29. The number of rotatable bonds is 6. The maximum atomic E-state index is 11.3. The second kappa shape index (κ2) is 6.73. The monoisotopic (exact) mass is 339 g/mol. The number of nitrogens with one attached hydrogen (secondary N) is 1. The van der Waals surface area contributed by atoms with Crippen LogP contribution in [0.3, 0.4) is 0 Å². The molecule has 3 nitrogen and oxygen atoms in total. The molecule has 1 aromatic carbocycles. The fourth-order valence-electron chi connectivity index (χ4n) is 1.27. The maximum absolute atomic E-state index is 11.3. The molecule has 0 amide bonds. The molecule has 0 saturated heterocycles. The van der Waals surface area contributed by atoms with Crippen molar-refractivity contribution in [2.45, 2.75) is 13.5 Å². The van der Waals surface area contributed by atoms with Crippen molar-refractivity contribution < 1.29 is 8.42 Å². The topological polar surface area (TPSA) is 46.2 Å². The van der Waals surface area contributed by atoms with Crippen molar-refractivity contribution >= 4 is 37.4 Å². The summed E-state index contributed by atoms with van der Waals surface area (Å²) in [6.45, 7) is 2.66.